The van der Waals surface area contributed by atoms with Gasteiger partial charge in [0, 0.05) is 31.5 Å². The van der Waals surface area contributed by atoms with Crippen molar-refractivity contribution in [2.75, 3.05) is 51.3 Å². The topological polar surface area (TPSA) is 74.2 Å². The molecule has 6 nitrogen and oxygen atoms in total. The Morgan fingerprint density at radius 3 is 1.86 bits per heavy atom. The van der Waals surface area contributed by atoms with Crippen molar-refractivity contribution in [3.8, 4) is 11.5 Å². The number of benzene rings is 2. The summed E-state index contributed by atoms with van der Waals surface area (Å²) in [5.41, 5.74) is -0.954. The molecule has 0 saturated carbocycles. The fraction of sp³-hybridized carbons (Fsp3) is 0.538. The maximum atomic E-state index is 9.82. The van der Waals surface area contributed by atoms with Gasteiger partial charge in [0.1, 0.15) is 18.1 Å². The fourth-order valence-corrected chi connectivity index (χ4v) is 4.13. The number of nitrogens with zero attached hydrogens (tertiary/aromatic N) is 1. The Balaban J connectivity index is 0.000000293. The molecule has 3 N–H and O–H groups in total. The van der Waals surface area contributed by atoms with E-state index in [-0.39, 0.29) is 12.4 Å². The van der Waals surface area contributed by atoms with Gasteiger partial charge in [-0.2, -0.15) is 0 Å². The van der Waals surface area contributed by atoms with E-state index in [0.717, 1.165) is 62.4 Å². The van der Waals surface area contributed by atoms with Crippen LogP contribution in [0.1, 0.15) is 26.7 Å². The number of halogens is 4. The minimum absolute atomic E-state index is 0. The van der Waals surface area contributed by atoms with Gasteiger partial charge in [-0.05, 0) is 57.5 Å². The number of nitrogens with one attached hydrogen (secondary N) is 1. The lowest BCUT2D eigenvalue weighted by molar-refractivity contribution is 0.0670. The normalized spacial score (nSPS) is 23.0. The van der Waals surface area contributed by atoms with Crippen LogP contribution < -0.4 is 14.8 Å². The molecular weight excluding hydrogens is 591 g/mol. The highest BCUT2D eigenvalue weighted by Crippen LogP contribution is 2.24. The van der Waals surface area contributed by atoms with Crippen molar-refractivity contribution in [1.82, 2.24) is 10.2 Å². The molecule has 0 radical (unpaired) electrons. The molecule has 2 fully saturated rings. The van der Waals surface area contributed by atoms with Crippen LogP contribution in [-0.4, -0.2) is 77.6 Å². The SMILES string of the molecule is CC1(O)CCN(CCOc2ccccc2Cl)C1.CC1(O)CCNC1.Cl.Clc1ccccc1OCCBr. The summed E-state index contributed by atoms with van der Waals surface area (Å²) >= 11 is 15.1. The van der Waals surface area contributed by atoms with E-state index >= 15 is 0 Å². The van der Waals surface area contributed by atoms with Gasteiger partial charge in [0.25, 0.3) is 0 Å². The molecule has 36 heavy (non-hydrogen) atoms. The second-order valence-corrected chi connectivity index (χ2v) is 10.8. The predicted molar refractivity (Wildman–Crippen MR) is 155 cm³/mol. The molecule has 2 heterocycles. The van der Waals surface area contributed by atoms with Gasteiger partial charge in [0.15, 0.2) is 0 Å². The van der Waals surface area contributed by atoms with E-state index in [1.807, 2.05) is 62.4 Å². The fourth-order valence-electron chi connectivity index (χ4n) is 3.59. The molecular formula is C26H38BrCl3N2O4. The average Bonchev–Trinajstić information content (AvgIpc) is 3.38. The van der Waals surface area contributed by atoms with Gasteiger partial charge in [-0.1, -0.05) is 63.4 Å². The van der Waals surface area contributed by atoms with Gasteiger partial charge in [0.05, 0.1) is 27.9 Å². The first-order valence-corrected chi connectivity index (χ1v) is 13.7. The van der Waals surface area contributed by atoms with Crippen LogP contribution in [0.4, 0.5) is 0 Å². The summed E-state index contributed by atoms with van der Waals surface area (Å²) in [5.74, 6) is 1.47. The highest BCUT2D eigenvalue weighted by atomic mass is 79.9. The lowest BCUT2D eigenvalue weighted by atomic mass is 10.1. The quantitative estimate of drug-likeness (QED) is 0.355. The monoisotopic (exact) mass is 626 g/mol. The third-order valence-electron chi connectivity index (χ3n) is 5.55. The van der Waals surface area contributed by atoms with E-state index in [1.165, 1.54) is 0 Å². The maximum absolute atomic E-state index is 9.82. The summed E-state index contributed by atoms with van der Waals surface area (Å²) in [6.45, 7) is 9.16. The van der Waals surface area contributed by atoms with Crippen LogP contribution in [-0.2, 0) is 0 Å². The molecule has 10 heteroatoms. The largest absolute Gasteiger partial charge is 0.491 e. The van der Waals surface area contributed by atoms with Gasteiger partial charge in [-0.15, -0.1) is 12.4 Å². The van der Waals surface area contributed by atoms with Crippen LogP contribution in [0.5, 0.6) is 11.5 Å². The minimum atomic E-state index is -0.537. The first-order valence-electron chi connectivity index (χ1n) is 11.8. The first kappa shape index (κ1) is 33.3. The zero-order valence-electron chi connectivity index (χ0n) is 20.9. The summed E-state index contributed by atoms with van der Waals surface area (Å²) in [7, 11) is 0. The molecule has 2 atom stereocenters. The van der Waals surface area contributed by atoms with Crippen LogP contribution in [0, 0.1) is 0 Å². The van der Waals surface area contributed by atoms with Gasteiger partial charge >= 0.3 is 0 Å². The third-order valence-corrected chi connectivity index (χ3v) is 6.50. The Morgan fingerprint density at radius 2 is 1.47 bits per heavy atom. The van der Waals surface area contributed by atoms with Crippen LogP contribution in [0.15, 0.2) is 48.5 Å². The number of β-amino-alcohol motifs (C(OH)–C–C–N with tert-alkyl or cyclic N) is 2. The first-order chi connectivity index (χ1) is 16.6. The molecule has 204 valence electrons. The second-order valence-electron chi connectivity index (χ2n) is 9.19. The molecule has 0 aliphatic carbocycles. The standard InChI is InChI=1S/C13H18ClNO2.C8H8BrClO.C5H11NO.ClH/c1-13(16)6-7-15(10-13)8-9-17-12-5-3-2-4-11(12)14;9-5-6-11-8-4-2-1-3-7(8)10;1-5(7)2-3-6-4-5;/h2-5,16H,6-10H2,1H3;1-4H,5-6H2;6-7H,2-4H2,1H3;1H. The van der Waals surface area contributed by atoms with E-state index in [4.69, 9.17) is 37.8 Å². The van der Waals surface area contributed by atoms with Crippen molar-refractivity contribution in [3.05, 3.63) is 58.6 Å². The molecule has 4 rings (SSSR count). The van der Waals surface area contributed by atoms with Gasteiger partial charge in [-0.3, -0.25) is 4.90 Å². The highest BCUT2D eigenvalue weighted by Gasteiger charge is 2.30. The number of hydrogen-bond acceptors (Lipinski definition) is 6. The second kappa shape index (κ2) is 16.9. The van der Waals surface area contributed by atoms with E-state index in [9.17, 15) is 5.11 Å². The minimum Gasteiger partial charge on any atom is -0.491 e. The van der Waals surface area contributed by atoms with E-state index in [2.05, 4.69) is 26.1 Å². The number of alkyl halides is 1. The molecule has 2 aromatic rings. The van der Waals surface area contributed by atoms with Crippen LogP contribution >= 0.6 is 51.5 Å². The van der Waals surface area contributed by atoms with Crippen LogP contribution in [0.2, 0.25) is 10.0 Å². The lowest BCUT2D eigenvalue weighted by Gasteiger charge is -2.19. The summed E-state index contributed by atoms with van der Waals surface area (Å²) in [4.78, 5) is 2.21. The van der Waals surface area contributed by atoms with E-state index in [0.29, 0.717) is 23.3 Å². The van der Waals surface area contributed by atoms with Crippen molar-refractivity contribution in [1.29, 1.82) is 0 Å². The number of likely N-dealkylation sites (tertiary alicyclic amines) is 1. The third kappa shape index (κ3) is 13.2. The zero-order chi connectivity index (χ0) is 25.7. The molecule has 2 aromatic carbocycles. The van der Waals surface area contributed by atoms with Crippen LogP contribution in [0.25, 0.3) is 0 Å². The van der Waals surface area contributed by atoms with Gasteiger partial charge in [0.2, 0.25) is 0 Å². The molecule has 0 amide bonds. The van der Waals surface area contributed by atoms with Gasteiger partial charge in [-0.25, -0.2) is 0 Å². The number of aliphatic hydroxyl groups is 2. The van der Waals surface area contributed by atoms with E-state index in [1.54, 1.807) is 0 Å². The van der Waals surface area contributed by atoms with Crippen LogP contribution in [0.3, 0.4) is 0 Å². The van der Waals surface area contributed by atoms with Crippen molar-refractivity contribution in [3.63, 3.8) is 0 Å². The number of para-hydroxylation sites is 2. The summed E-state index contributed by atoms with van der Waals surface area (Å²) in [6.07, 6.45) is 1.73. The smallest absolute Gasteiger partial charge is 0.137 e. The van der Waals surface area contributed by atoms with Crippen molar-refractivity contribution >= 4 is 51.5 Å². The highest BCUT2D eigenvalue weighted by molar-refractivity contribution is 9.09. The number of ether oxygens (including phenoxy) is 2. The van der Waals surface area contributed by atoms with Crippen molar-refractivity contribution < 1.29 is 19.7 Å². The molecule has 2 aliphatic rings. The maximum Gasteiger partial charge on any atom is 0.137 e. The summed E-state index contributed by atoms with van der Waals surface area (Å²) in [5, 5.41) is 24.1. The predicted octanol–water partition coefficient (Wildman–Crippen LogP) is 5.44. The lowest BCUT2D eigenvalue weighted by Crippen LogP contribution is -2.32. The Kier molecular flexibility index (Phi) is 15.7. The number of rotatable bonds is 7. The average molecular weight is 629 g/mol. The Morgan fingerprint density at radius 1 is 0.917 bits per heavy atom. The van der Waals surface area contributed by atoms with Crippen molar-refractivity contribution in [2.24, 2.45) is 0 Å². The molecule has 2 aliphatic heterocycles. The Labute approximate surface area is 239 Å². The summed E-state index contributed by atoms with van der Waals surface area (Å²) in [6, 6.07) is 14.9. The van der Waals surface area contributed by atoms with Gasteiger partial charge < -0.3 is 25.0 Å². The molecule has 2 unspecified atom stereocenters. The number of hydrogen-bond donors (Lipinski definition) is 3. The van der Waals surface area contributed by atoms with E-state index < -0.39 is 11.2 Å². The molecule has 0 spiro atoms. The Hall–Kier alpha value is -0.770. The van der Waals surface area contributed by atoms with Crippen molar-refractivity contribution in [2.45, 2.75) is 37.9 Å². The zero-order valence-corrected chi connectivity index (χ0v) is 24.8. The molecule has 2 saturated heterocycles. The summed E-state index contributed by atoms with van der Waals surface area (Å²) < 4.78 is 10.9. The molecule has 0 aromatic heterocycles. The molecule has 0 bridgehead atoms. The Bertz CT molecular complexity index is 882.